The first-order valence-electron chi connectivity index (χ1n) is 7.78. The second-order valence-corrected chi connectivity index (χ2v) is 5.74. The first kappa shape index (κ1) is 18.3. The fourth-order valence-electron chi connectivity index (χ4n) is 2.28. The number of phenolic OH excluding ortho intramolecular Hbond substituents is 1. The molecule has 0 saturated heterocycles. The fourth-order valence-corrected chi connectivity index (χ4v) is 2.28. The predicted molar refractivity (Wildman–Crippen MR) is 94.1 cm³/mol. The van der Waals surface area contributed by atoms with Gasteiger partial charge >= 0.3 is 5.97 Å². The maximum Gasteiger partial charge on any atom is 0.342 e. The average molecular weight is 343 g/mol. The minimum absolute atomic E-state index is 0.0352. The number of aryl methyl sites for hydroxylation is 2. The molecule has 1 amide bonds. The third-order valence-corrected chi connectivity index (χ3v) is 3.72. The van der Waals surface area contributed by atoms with Crippen molar-refractivity contribution in [1.29, 1.82) is 0 Å². The highest BCUT2D eigenvalue weighted by Gasteiger charge is 2.21. The number of methoxy groups -OCH3 is 1. The molecule has 2 aromatic rings. The van der Waals surface area contributed by atoms with Gasteiger partial charge in [0.05, 0.1) is 7.11 Å². The van der Waals surface area contributed by atoms with Crippen molar-refractivity contribution in [2.45, 2.75) is 26.9 Å². The Morgan fingerprint density at radius 3 is 2.44 bits per heavy atom. The summed E-state index contributed by atoms with van der Waals surface area (Å²) < 4.78 is 10.1. The number of phenols is 1. The fraction of sp³-hybridized carbons (Fsp3) is 0.263. The van der Waals surface area contributed by atoms with Crippen LogP contribution in [-0.2, 0) is 9.53 Å². The Morgan fingerprint density at radius 1 is 1.12 bits per heavy atom. The van der Waals surface area contributed by atoms with E-state index in [0.717, 1.165) is 11.1 Å². The molecular weight excluding hydrogens is 322 g/mol. The molecule has 0 aliphatic carbocycles. The number of hydrogen-bond donors (Lipinski definition) is 2. The van der Waals surface area contributed by atoms with Crippen LogP contribution in [-0.4, -0.2) is 30.2 Å². The lowest BCUT2D eigenvalue weighted by Crippen LogP contribution is -2.30. The van der Waals surface area contributed by atoms with Crippen molar-refractivity contribution in [3.8, 4) is 11.5 Å². The van der Waals surface area contributed by atoms with Crippen LogP contribution in [0, 0.1) is 13.8 Å². The molecule has 132 valence electrons. The summed E-state index contributed by atoms with van der Waals surface area (Å²) in [4.78, 5) is 24.4. The van der Waals surface area contributed by atoms with E-state index >= 15 is 0 Å². The predicted octanol–water partition coefficient (Wildman–Crippen LogP) is 3.20. The molecule has 2 aromatic carbocycles. The van der Waals surface area contributed by atoms with Crippen LogP contribution >= 0.6 is 0 Å². The summed E-state index contributed by atoms with van der Waals surface area (Å²) in [7, 11) is 1.45. The SMILES string of the molecule is COc1ccc(C(=O)O[C@@H](C)C(=O)Nc2ccc(C)cc2C)c(O)c1. The second kappa shape index (κ2) is 7.70. The summed E-state index contributed by atoms with van der Waals surface area (Å²) in [6.07, 6.45) is -1.02. The number of carbonyl (C=O) groups is 2. The zero-order chi connectivity index (χ0) is 18.6. The Kier molecular flexibility index (Phi) is 5.64. The van der Waals surface area contributed by atoms with Crippen molar-refractivity contribution in [2.75, 3.05) is 12.4 Å². The lowest BCUT2D eigenvalue weighted by Gasteiger charge is -2.15. The van der Waals surface area contributed by atoms with E-state index in [0.29, 0.717) is 11.4 Å². The molecule has 25 heavy (non-hydrogen) atoms. The van der Waals surface area contributed by atoms with Crippen molar-refractivity contribution in [3.63, 3.8) is 0 Å². The van der Waals surface area contributed by atoms with E-state index in [1.54, 1.807) is 6.07 Å². The number of anilines is 1. The molecule has 0 radical (unpaired) electrons. The first-order valence-corrected chi connectivity index (χ1v) is 7.78. The number of nitrogens with one attached hydrogen (secondary N) is 1. The summed E-state index contributed by atoms with van der Waals surface area (Å²) in [5, 5.41) is 12.6. The van der Waals surface area contributed by atoms with E-state index in [4.69, 9.17) is 9.47 Å². The molecule has 0 bridgehead atoms. The van der Waals surface area contributed by atoms with Crippen LogP contribution in [0.2, 0.25) is 0 Å². The van der Waals surface area contributed by atoms with Crippen LogP contribution in [0.1, 0.15) is 28.4 Å². The highest BCUT2D eigenvalue weighted by molar-refractivity contribution is 5.98. The third-order valence-electron chi connectivity index (χ3n) is 3.72. The van der Waals surface area contributed by atoms with Gasteiger partial charge in [-0.2, -0.15) is 0 Å². The smallest absolute Gasteiger partial charge is 0.342 e. The molecule has 0 aliphatic rings. The number of esters is 1. The molecule has 6 heteroatoms. The normalized spacial score (nSPS) is 11.5. The lowest BCUT2D eigenvalue weighted by molar-refractivity contribution is -0.123. The largest absolute Gasteiger partial charge is 0.507 e. The van der Waals surface area contributed by atoms with Crippen LogP contribution in [0.5, 0.6) is 11.5 Å². The van der Waals surface area contributed by atoms with Gasteiger partial charge in [-0.25, -0.2) is 4.79 Å². The Labute approximate surface area is 146 Å². The molecule has 0 heterocycles. The Morgan fingerprint density at radius 2 is 1.84 bits per heavy atom. The van der Waals surface area contributed by atoms with E-state index in [9.17, 15) is 14.7 Å². The highest BCUT2D eigenvalue weighted by atomic mass is 16.5. The van der Waals surface area contributed by atoms with E-state index < -0.39 is 18.0 Å². The topological polar surface area (TPSA) is 84.9 Å². The van der Waals surface area contributed by atoms with Gasteiger partial charge < -0.3 is 19.9 Å². The number of amides is 1. The zero-order valence-corrected chi connectivity index (χ0v) is 14.6. The van der Waals surface area contributed by atoms with Gasteiger partial charge in [0.1, 0.15) is 17.1 Å². The minimum Gasteiger partial charge on any atom is -0.507 e. The molecular formula is C19H21NO5. The van der Waals surface area contributed by atoms with Crippen LogP contribution in [0.25, 0.3) is 0 Å². The molecule has 0 unspecified atom stereocenters. The number of rotatable bonds is 5. The molecule has 2 rings (SSSR count). The molecule has 0 spiro atoms. The Hall–Kier alpha value is -3.02. The molecule has 0 fully saturated rings. The van der Waals surface area contributed by atoms with Gasteiger partial charge in [0.2, 0.25) is 0 Å². The van der Waals surface area contributed by atoms with Gasteiger partial charge in [0, 0.05) is 11.8 Å². The number of ether oxygens (including phenoxy) is 2. The van der Waals surface area contributed by atoms with Crippen LogP contribution in [0.3, 0.4) is 0 Å². The molecule has 2 N–H and O–H groups in total. The minimum atomic E-state index is -1.02. The van der Waals surface area contributed by atoms with Crippen molar-refractivity contribution >= 4 is 17.6 Å². The van der Waals surface area contributed by atoms with Gasteiger partial charge in [0.15, 0.2) is 6.10 Å². The maximum absolute atomic E-state index is 12.2. The van der Waals surface area contributed by atoms with Crippen LogP contribution in [0.4, 0.5) is 5.69 Å². The monoisotopic (exact) mass is 343 g/mol. The number of benzene rings is 2. The summed E-state index contributed by atoms with van der Waals surface area (Å²) in [6.45, 7) is 5.32. The number of hydrogen-bond acceptors (Lipinski definition) is 5. The van der Waals surface area contributed by atoms with Crippen molar-refractivity contribution in [3.05, 3.63) is 53.1 Å². The van der Waals surface area contributed by atoms with Gasteiger partial charge in [-0.1, -0.05) is 17.7 Å². The summed E-state index contributed by atoms with van der Waals surface area (Å²) in [5.74, 6) is -1.10. The van der Waals surface area contributed by atoms with Crippen molar-refractivity contribution < 1.29 is 24.2 Å². The Bertz CT molecular complexity index is 800. The molecule has 0 aromatic heterocycles. The number of aromatic hydroxyl groups is 1. The van der Waals surface area contributed by atoms with E-state index in [-0.39, 0.29) is 11.3 Å². The van der Waals surface area contributed by atoms with Crippen molar-refractivity contribution in [2.24, 2.45) is 0 Å². The average Bonchev–Trinajstić information content (AvgIpc) is 2.56. The quantitative estimate of drug-likeness (QED) is 0.815. The van der Waals surface area contributed by atoms with Crippen LogP contribution in [0.15, 0.2) is 36.4 Å². The molecule has 0 aliphatic heterocycles. The molecule has 0 saturated carbocycles. The lowest BCUT2D eigenvalue weighted by atomic mass is 10.1. The summed E-state index contributed by atoms with van der Waals surface area (Å²) in [5.41, 5.74) is 2.63. The summed E-state index contributed by atoms with van der Waals surface area (Å²) >= 11 is 0. The van der Waals surface area contributed by atoms with E-state index in [1.165, 1.54) is 32.2 Å². The van der Waals surface area contributed by atoms with Gasteiger partial charge in [-0.05, 0) is 44.5 Å². The third kappa shape index (κ3) is 4.50. The van der Waals surface area contributed by atoms with Gasteiger partial charge in [-0.15, -0.1) is 0 Å². The Balaban J connectivity index is 2.04. The highest BCUT2D eigenvalue weighted by Crippen LogP contribution is 2.24. The summed E-state index contributed by atoms with van der Waals surface area (Å²) in [6, 6.07) is 9.84. The van der Waals surface area contributed by atoms with E-state index in [2.05, 4.69) is 5.32 Å². The first-order chi connectivity index (χ1) is 11.8. The molecule has 6 nitrogen and oxygen atoms in total. The zero-order valence-electron chi connectivity index (χ0n) is 14.6. The van der Waals surface area contributed by atoms with Crippen LogP contribution < -0.4 is 10.1 Å². The van der Waals surface area contributed by atoms with Gasteiger partial charge in [-0.3, -0.25) is 4.79 Å². The van der Waals surface area contributed by atoms with E-state index in [1.807, 2.05) is 26.0 Å². The maximum atomic E-state index is 12.2. The second-order valence-electron chi connectivity index (χ2n) is 5.74. The number of carbonyl (C=O) groups excluding carboxylic acids is 2. The standard InChI is InChI=1S/C19H21NO5/c1-11-5-8-16(12(2)9-11)20-18(22)13(3)25-19(23)15-7-6-14(24-4)10-17(15)21/h5-10,13,21H,1-4H3,(H,20,22)/t13-/m0/s1. The van der Waals surface area contributed by atoms with Gasteiger partial charge in [0.25, 0.3) is 5.91 Å². The van der Waals surface area contributed by atoms with Crippen molar-refractivity contribution in [1.82, 2.24) is 0 Å². The molecule has 1 atom stereocenters.